The molecule has 0 saturated heterocycles. The standard InChI is InChI=1S/C11H14Cl2N2O.C11H13Cl2NO2.C11H15ClN2O.C11H16ClNO/c1-7-9(12)4-8(5-10(7)13)14-11(16)6-15(2)3;1-7-9(12)4-8(5-10(7)13)16-11(15)6-14(2)3;1-8-4-5-9(6-10(8)12)13-11(15)7-14(2)3;1-9-4-5-10(8-11(9)12)14-7-6-13(2)3/h4-5H,6H2,1-3H3,(H,14,16);4-5H,6H2,1-3H3;4-6H,7H2,1-3H3,(H,13,15);4-5,8H,6-7H2,1-3H3. The van der Waals surface area contributed by atoms with Crippen LogP contribution in [-0.2, 0) is 14.4 Å². The molecule has 0 saturated carbocycles. The van der Waals surface area contributed by atoms with E-state index >= 15 is 0 Å². The van der Waals surface area contributed by atoms with Gasteiger partial charge in [0.1, 0.15) is 18.1 Å². The topological polar surface area (TPSA) is 107 Å². The highest BCUT2D eigenvalue weighted by molar-refractivity contribution is 6.37. The van der Waals surface area contributed by atoms with E-state index in [0.29, 0.717) is 56.2 Å². The number of halogens is 6. The van der Waals surface area contributed by atoms with Crippen molar-refractivity contribution >= 4 is 98.8 Å². The van der Waals surface area contributed by atoms with Gasteiger partial charge in [0.05, 0.1) is 19.6 Å². The molecule has 4 aromatic carbocycles. The minimum atomic E-state index is -0.346. The second kappa shape index (κ2) is 28.4. The van der Waals surface area contributed by atoms with E-state index in [4.69, 9.17) is 79.1 Å². The lowest BCUT2D eigenvalue weighted by atomic mass is 10.2. The molecule has 11 nitrogen and oxygen atoms in total. The Morgan fingerprint density at radius 2 is 0.885 bits per heavy atom. The van der Waals surface area contributed by atoms with E-state index in [0.717, 1.165) is 45.3 Å². The number of aryl methyl sites for hydroxylation is 2. The Bertz CT molecular complexity index is 1920. The number of likely N-dealkylation sites (N-methyl/N-ethyl adjacent to an activating group) is 4. The number of benzene rings is 4. The molecule has 4 rings (SSSR count). The molecule has 0 bridgehead atoms. The first kappa shape index (κ1) is 55.7. The Kier molecular flexibility index (Phi) is 25.9. The molecule has 0 aliphatic rings. The van der Waals surface area contributed by atoms with E-state index < -0.39 is 0 Å². The molecule has 0 fully saturated rings. The number of nitrogens with zero attached hydrogens (tertiary/aromatic N) is 4. The molecule has 0 aliphatic carbocycles. The van der Waals surface area contributed by atoms with Gasteiger partial charge in [-0.1, -0.05) is 81.7 Å². The molecular weight excluding hydrogens is 905 g/mol. The van der Waals surface area contributed by atoms with E-state index in [9.17, 15) is 14.4 Å². The maximum atomic E-state index is 11.5. The van der Waals surface area contributed by atoms with Gasteiger partial charge in [-0.2, -0.15) is 0 Å². The molecule has 17 heteroatoms. The van der Waals surface area contributed by atoms with Gasteiger partial charge in [0.15, 0.2) is 0 Å². The molecule has 2 N–H and O–H groups in total. The summed E-state index contributed by atoms with van der Waals surface area (Å²) in [6.07, 6.45) is 0. The summed E-state index contributed by atoms with van der Waals surface area (Å²) in [5.41, 5.74) is 5.02. The van der Waals surface area contributed by atoms with Gasteiger partial charge in [-0.25, -0.2) is 0 Å². The summed E-state index contributed by atoms with van der Waals surface area (Å²) in [5.74, 6) is 0.719. The number of carbonyl (C=O) groups is 3. The molecule has 0 unspecified atom stereocenters. The van der Waals surface area contributed by atoms with Crippen LogP contribution in [0.5, 0.6) is 11.5 Å². The summed E-state index contributed by atoms with van der Waals surface area (Å²) in [6, 6.07) is 17.8. The van der Waals surface area contributed by atoms with Crippen molar-refractivity contribution in [1.82, 2.24) is 19.6 Å². The van der Waals surface area contributed by atoms with E-state index in [1.54, 1.807) is 61.2 Å². The van der Waals surface area contributed by atoms with E-state index in [1.807, 2.05) is 98.3 Å². The second-order valence-electron chi connectivity index (χ2n) is 14.9. The van der Waals surface area contributed by atoms with Crippen molar-refractivity contribution < 1.29 is 23.9 Å². The number of hydrogen-bond acceptors (Lipinski definition) is 9. The highest BCUT2D eigenvalue weighted by Crippen LogP contribution is 2.30. The van der Waals surface area contributed by atoms with Gasteiger partial charge in [0.2, 0.25) is 11.8 Å². The third-order valence-corrected chi connectivity index (χ3v) is 10.2. The van der Waals surface area contributed by atoms with E-state index in [-0.39, 0.29) is 24.3 Å². The van der Waals surface area contributed by atoms with Crippen LogP contribution in [0.2, 0.25) is 30.1 Å². The lowest BCUT2D eigenvalue weighted by Gasteiger charge is -2.11. The molecule has 0 aromatic heterocycles. The van der Waals surface area contributed by atoms with Crippen molar-refractivity contribution in [1.29, 1.82) is 0 Å². The van der Waals surface area contributed by atoms with Crippen molar-refractivity contribution in [3.8, 4) is 11.5 Å². The largest absolute Gasteiger partial charge is 0.492 e. The highest BCUT2D eigenvalue weighted by atomic mass is 35.5. The van der Waals surface area contributed by atoms with Crippen molar-refractivity contribution in [2.75, 3.05) is 99.8 Å². The number of hydrogen-bond donors (Lipinski definition) is 2. The smallest absolute Gasteiger partial charge is 0.325 e. The Morgan fingerprint density at radius 1 is 0.492 bits per heavy atom. The summed E-state index contributed by atoms with van der Waals surface area (Å²) in [7, 11) is 15.0. The normalized spacial score (nSPS) is 10.6. The van der Waals surface area contributed by atoms with Crippen LogP contribution < -0.4 is 20.1 Å². The number of rotatable bonds is 13. The number of esters is 1. The maximum absolute atomic E-state index is 11.5. The first-order valence-corrected chi connectivity index (χ1v) is 21.1. The molecule has 61 heavy (non-hydrogen) atoms. The van der Waals surface area contributed by atoms with Gasteiger partial charge in [-0.15, -0.1) is 0 Å². The van der Waals surface area contributed by atoms with Crippen LogP contribution in [0.15, 0.2) is 60.7 Å². The van der Waals surface area contributed by atoms with Crippen LogP contribution in [0.25, 0.3) is 0 Å². The van der Waals surface area contributed by atoms with Crippen molar-refractivity contribution in [2.45, 2.75) is 27.7 Å². The van der Waals surface area contributed by atoms with E-state index in [2.05, 4.69) is 15.5 Å². The average Bonchev–Trinajstić information content (AvgIpc) is 3.12. The Hall–Kier alpha value is -3.33. The Morgan fingerprint density at radius 3 is 1.31 bits per heavy atom. The van der Waals surface area contributed by atoms with Gasteiger partial charge in [0, 0.05) is 48.1 Å². The van der Waals surface area contributed by atoms with Crippen LogP contribution in [0.4, 0.5) is 11.4 Å². The lowest BCUT2D eigenvalue weighted by molar-refractivity contribution is -0.135. The molecule has 4 aromatic rings. The van der Waals surface area contributed by atoms with Crippen LogP contribution in [-0.4, -0.2) is 127 Å². The van der Waals surface area contributed by atoms with Crippen LogP contribution in [0.3, 0.4) is 0 Å². The minimum Gasteiger partial charge on any atom is -0.492 e. The quantitative estimate of drug-likeness (QED) is 0.100. The molecule has 0 aliphatic heterocycles. The van der Waals surface area contributed by atoms with Crippen LogP contribution in [0, 0.1) is 27.7 Å². The number of anilines is 2. The van der Waals surface area contributed by atoms with Crippen molar-refractivity contribution in [3.63, 3.8) is 0 Å². The zero-order valence-electron chi connectivity index (χ0n) is 36.9. The minimum absolute atomic E-state index is 0.0417. The fourth-order valence-electron chi connectivity index (χ4n) is 4.48. The first-order valence-electron chi connectivity index (χ1n) is 18.8. The fourth-order valence-corrected chi connectivity index (χ4v) is 5.78. The molecule has 336 valence electrons. The Balaban J connectivity index is 0.000000407. The second-order valence-corrected chi connectivity index (χ2v) is 17.3. The number of carbonyl (C=O) groups excluding carboxylic acids is 3. The van der Waals surface area contributed by atoms with Crippen molar-refractivity contribution in [2.24, 2.45) is 0 Å². The summed E-state index contributed by atoms with van der Waals surface area (Å²) in [4.78, 5) is 41.7. The number of ether oxygens (including phenoxy) is 2. The third-order valence-electron chi connectivity index (χ3n) is 7.82. The molecule has 0 atom stereocenters. The monoisotopic (exact) mass is 960 g/mol. The fraction of sp³-hybridized carbons (Fsp3) is 0.386. The van der Waals surface area contributed by atoms with Gasteiger partial charge in [-0.05, 0) is 155 Å². The zero-order valence-corrected chi connectivity index (χ0v) is 41.4. The first-order chi connectivity index (χ1) is 28.4. The maximum Gasteiger partial charge on any atom is 0.325 e. The highest BCUT2D eigenvalue weighted by Gasteiger charge is 2.11. The zero-order chi connectivity index (χ0) is 46.6. The lowest BCUT2D eigenvalue weighted by Crippen LogP contribution is -2.27. The predicted molar refractivity (Wildman–Crippen MR) is 257 cm³/mol. The molecule has 2 amide bonds. The summed E-state index contributed by atoms with van der Waals surface area (Å²) in [6.45, 7) is 10.0. The summed E-state index contributed by atoms with van der Waals surface area (Å²) >= 11 is 35.7. The Labute approximate surface area is 392 Å². The van der Waals surface area contributed by atoms with Crippen LogP contribution >= 0.6 is 69.6 Å². The molecular formula is C44H58Cl6N6O5. The van der Waals surface area contributed by atoms with Crippen LogP contribution in [0.1, 0.15) is 22.3 Å². The third kappa shape index (κ3) is 23.6. The summed E-state index contributed by atoms with van der Waals surface area (Å²) < 4.78 is 10.6. The van der Waals surface area contributed by atoms with Gasteiger partial charge in [0.25, 0.3) is 0 Å². The predicted octanol–water partition coefficient (Wildman–Crippen LogP) is 10.3. The summed E-state index contributed by atoms with van der Waals surface area (Å²) in [5, 5.41) is 9.00. The van der Waals surface area contributed by atoms with E-state index in [1.165, 1.54) is 0 Å². The van der Waals surface area contributed by atoms with Gasteiger partial charge in [-0.3, -0.25) is 19.3 Å². The molecule has 0 heterocycles. The molecule has 0 radical (unpaired) electrons. The SMILES string of the molecule is Cc1c(Cl)cc(NC(=O)CN(C)C)cc1Cl.Cc1c(Cl)cc(OC(=O)CN(C)C)cc1Cl.Cc1ccc(NC(=O)CN(C)C)cc1Cl.Cc1ccc(OCCN(C)C)cc1Cl. The van der Waals surface area contributed by atoms with Crippen molar-refractivity contribution in [3.05, 3.63) is 113 Å². The average molecular weight is 964 g/mol. The van der Waals surface area contributed by atoms with Gasteiger partial charge >= 0.3 is 5.97 Å². The number of nitrogens with one attached hydrogen (secondary N) is 2. The van der Waals surface area contributed by atoms with Gasteiger partial charge < -0.3 is 34.8 Å². The molecule has 0 spiro atoms. The number of amides is 2.